The molecule has 8 heteroatoms. The zero-order chi connectivity index (χ0) is 23.3. The van der Waals surface area contributed by atoms with Crippen LogP contribution in [0.25, 0.3) is 0 Å². The summed E-state index contributed by atoms with van der Waals surface area (Å²) in [5.74, 6) is -0.116. The van der Waals surface area contributed by atoms with E-state index in [2.05, 4.69) is 5.32 Å². The van der Waals surface area contributed by atoms with Gasteiger partial charge in [-0.25, -0.2) is 8.42 Å². The Balaban J connectivity index is 1.34. The Kier molecular flexibility index (Phi) is 7.45. The second-order valence-electron chi connectivity index (χ2n) is 8.84. The molecule has 2 amide bonds. The van der Waals surface area contributed by atoms with Crippen molar-refractivity contribution in [2.45, 2.75) is 37.9 Å². The third kappa shape index (κ3) is 6.00. The topological polar surface area (TPSA) is 86.8 Å². The van der Waals surface area contributed by atoms with Gasteiger partial charge in [-0.3, -0.25) is 9.59 Å². The van der Waals surface area contributed by atoms with E-state index in [4.69, 9.17) is 0 Å². The smallest absolute Gasteiger partial charge is 0.254 e. The van der Waals surface area contributed by atoms with E-state index in [0.29, 0.717) is 24.3 Å². The van der Waals surface area contributed by atoms with E-state index in [1.165, 1.54) is 10.7 Å². The maximum Gasteiger partial charge on any atom is 0.254 e. The second-order valence-corrected chi connectivity index (χ2v) is 10.8. The van der Waals surface area contributed by atoms with Crippen LogP contribution in [0.2, 0.25) is 0 Å². The molecule has 0 atom stereocenters. The molecule has 2 aromatic rings. The molecule has 33 heavy (non-hydrogen) atoms. The normalized spacial score (nSPS) is 18.1. The van der Waals surface area contributed by atoms with E-state index in [1.54, 1.807) is 41.3 Å². The lowest BCUT2D eigenvalue weighted by molar-refractivity contribution is -0.120. The molecule has 0 spiro atoms. The number of rotatable bonds is 6. The summed E-state index contributed by atoms with van der Waals surface area (Å²) >= 11 is 0. The van der Waals surface area contributed by atoms with E-state index in [0.717, 1.165) is 31.2 Å². The average Bonchev–Trinajstić information content (AvgIpc) is 2.85. The molecule has 2 aliphatic rings. The molecule has 7 nitrogen and oxygen atoms in total. The largest absolute Gasteiger partial charge is 0.336 e. The molecule has 0 aromatic heterocycles. The number of hydrogen-bond donors (Lipinski definition) is 1. The number of piperazine rings is 1. The van der Waals surface area contributed by atoms with Gasteiger partial charge >= 0.3 is 0 Å². The Hall–Kier alpha value is -2.71. The lowest BCUT2D eigenvalue weighted by atomic mass is 9.88. The first-order valence-electron chi connectivity index (χ1n) is 11.6. The van der Waals surface area contributed by atoms with E-state index < -0.39 is 10.0 Å². The number of carbonyl (C=O) groups is 2. The highest BCUT2D eigenvalue weighted by atomic mass is 32.2. The molecule has 2 aromatic carbocycles. The molecule has 1 saturated heterocycles. The lowest BCUT2D eigenvalue weighted by Crippen LogP contribution is -2.50. The molecule has 1 aliphatic heterocycles. The zero-order valence-corrected chi connectivity index (χ0v) is 19.6. The summed E-state index contributed by atoms with van der Waals surface area (Å²) < 4.78 is 27.0. The summed E-state index contributed by atoms with van der Waals surface area (Å²) in [6.07, 6.45) is 5.20. The van der Waals surface area contributed by atoms with Crippen LogP contribution in [-0.2, 0) is 20.6 Å². The SMILES string of the molecule is O=C(Nc1cccc(C(=O)N2CCN(S(=O)(=O)Cc3ccccc3)CC2)c1)C1CCCCC1. The standard InChI is InChI=1S/C25H31N3O4S/c29-24(21-10-5-2-6-11-21)26-23-13-7-12-22(18-23)25(30)27-14-16-28(17-15-27)33(31,32)19-20-8-3-1-4-9-20/h1,3-4,7-9,12-13,18,21H,2,5-6,10-11,14-17,19H2,(H,26,29). The van der Waals surface area contributed by atoms with Crippen LogP contribution in [0.5, 0.6) is 0 Å². The highest BCUT2D eigenvalue weighted by Crippen LogP contribution is 2.25. The Bertz CT molecular complexity index is 1070. The number of amides is 2. The molecule has 1 saturated carbocycles. The van der Waals surface area contributed by atoms with Crippen LogP contribution in [0.1, 0.15) is 48.0 Å². The predicted octanol–water partition coefficient (Wildman–Crippen LogP) is 3.49. The van der Waals surface area contributed by atoms with Crippen molar-refractivity contribution in [3.63, 3.8) is 0 Å². The Morgan fingerprint density at radius 2 is 1.58 bits per heavy atom. The van der Waals surface area contributed by atoms with Crippen molar-refractivity contribution in [3.8, 4) is 0 Å². The Labute approximate surface area is 195 Å². The van der Waals surface area contributed by atoms with E-state index in [9.17, 15) is 18.0 Å². The zero-order valence-electron chi connectivity index (χ0n) is 18.8. The third-order valence-electron chi connectivity index (χ3n) is 6.46. The minimum Gasteiger partial charge on any atom is -0.336 e. The van der Waals surface area contributed by atoms with Gasteiger partial charge in [0.2, 0.25) is 15.9 Å². The maximum absolute atomic E-state index is 13.0. The molecule has 1 N–H and O–H groups in total. The van der Waals surface area contributed by atoms with E-state index in [1.807, 2.05) is 18.2 Å². The number of carbonyl (C=O) groups excluding carboxylic acids is 2. The van der Waals surface area contributed by atoms with Crippen LogP contribution in [0.4, 0.5) is 5.69 Å². The van der Waals surface area contributed by atoms with Gasteiger partial charge in [0.15, 0.2) is 0 Å². The molecule has 0 unspecified atom stereocenters. The van der Waals surface area contributed by atoms with Crippen molar-refractivity contribution < 1.29 is 18.0 Å². The average molecular weight is 470 g/mol. The number of nitrogens with zero attached hydrogens (tertiary/aromatic N) is 2. The van der Waals surface area contributed by atoms with Gasteiger partial charge < -0.3 is 10.2 Å². The summed E-state index contributed by atoms with van der Waals surface area (Å²) in [7, 11) is -3.43. The van der Waals surface area contributed by atoms with E-state index in [-0.39, 0.29) is 36.6 Å². The second kappa shape index (κ2) is 10.5. The van der Waals surface area contributed by atoms with Gasteiger partial charge in [0.1, 0.15) is 0 Å². The van der Waals surface area contributed by atoms with Crippen molar-refractivity contribution >= 4 is 27.5 Å². The number of benzene rings is 2. The molecule has 0 radical (unpaired) electrons. The molecule has 4 rings (SSSR count). The first kappa shape index (κ1) is 23.4. The minimum atomic E-state index is -3.43. The van der Waals surface area contributed by atoms with Crippen LogP contribution in [0, 0.1) is 5.92 Å². The first-order chi connectivity index (χ1) is 15.9. The van der Waals surface area contributed by atoms with Crippen molar-refractivity contribution in [2.75, 3.05) is 31.5 Å². The molecule has 0 bridgehead atoms. The quantitative estimate of drug-likeness (QED) is 0.702. The maximum atomic E-state index is 13.0. The number of sulfonamides is 1. The van der Waals surface area contributed by atoms with Crippen molar-refractivity contribution in [1.29, 1.82) is 0 Å². The fourth-order valence-corrected chi connectivity index (χ4v) is 6.08. The molecular formula is C25H31N3O4S. The summed E-state index contributed by atoms with van der Waals surface area (Å²) in [4.78, 5) is 27.3. The van der Waals surface area contributed by atoms with Crippen LogP contribution >= 0.6 is 0 Å². The van der Waals surface area contributed by atoms with Gasteiger partial charge in [-0.15, -0.1) is 0 Å². The predicted molar refractivity (Wildman–Crippen MR) is 128 cm³/mol. The molecular weight excluding hydrogens is 438 g/mol. The molecule has 2 fully saturated rings. The van der Waals surface area contributed by atoms with E-state index >= 15 is 0 Å². The summed E-state index contributed by atoms with van der Waals surface area (Å²) in [5, 5.41) is 2.96. The van der Waals surface area contributed by atoms with Crippen molar-refractivity contribution in [2.24, 2.45) is 5.92 Å². The van der Waals surface area contributed by atoms with Gasteiger partial charge in [-0.1, -0.05) is 55.7 Å². The summed E-state index contributed by atoms with van der Waals surface area (Å²) in [5.41, 5.74) is 1.88. The summed E-state index contributed by atoms with van der Waals surface area (Å²) in [6, 6.07) is 16.1. The van der Waals surface area contributed by atoms with Crippen LogP contribution in [0.15, 0.2) is 54.6 Å². The highest BCUT2D eigenvalue weighted by molar-refractivity contribution is 7.88. The number of nitrogens with one attached hydrogen (secondary N) is 1. The van der Waals surface area contributed by atoms with Crippen LogP contribution in [-0.4, -0.2) is 55.6 Å². The van der Waals surface area contributed by atoms with Gasteiger partial charge in [-0.05, 0) is 36.6 Å². The summed E-state index contributed by atoms with van der Waals surface area (Å²) in [6.45, 7) is 1.23. The van der Waals surface area contributed by atoms with Gasteiger partial charge in [0, 0.05) is 43.3 Å². The monoisotopic (exact) mass is 469 g/mol. The van der Waals surface area contributed by atoms with Gasteiger partial charge in [-0.2, -0.15) is 4.31 Å². The van der Waals surface area contributed by atoms with Gasteiger partial charge in [0.05, 0.1) is 5.75 Å². The number of hydrogen-bond acceptors (Lipinski definition) is 4. The van der Waals surface area contributed by atoms with Crippen LogP contribution in [0.3, 0.4) is 0 Å². The first-order valence-corrected chi connectivity index (χ1v) is 13.3. The fraction of sp³-hybridized carbons (Fsp3) is 0.440. The Morgan fingerprint density at radius 1 is 0.879 bits per heavy atom. The third-order valence-corrected chi connectivity index (χ3v) is 8.31. The fourth-order valence-electron chi connectivity index (χ4n) is 4.57. The van der Waals surface area contributed by atoms with Crippen molar-refractivity contribution in [3.05, 3.63) is 65.7 Å². The lowest BCUT2D eigenvalue weighted by Gasteiger charge is -2.34. The molecule has 1 heterocycles. The molecule has 1 aliphatic carbocycles. The highest BCUT2D eigenvalue weighted by Gasteiger charge is 2.29. The Morgan fingerprint density at radius 3 is 2.27 bits per heavy atom. The number of anilines is 1. The van der Waals surface area contributed by atoms with Gasteiger partial charge in [0.25, 0.3) is 5.91 Å². The van der Waals surface area contributed by atoms with Crippen molar-refractivity contribution in [1.82, 2.24) is 9.21 Å². The molecule has 176 valence electrons. The minimum absolute atomic E-state index is 0.0246. The van der Waals surface area contributed by atoms with Crippen LogP contribution < -0.4 is 5.32 Å².